The number of nitrogens with one attached hydrogen (secondary N) is 1. The molecule has 2 saturated carbocycles. The van der Waals surface area contributed by atoms with Crippen molar-refractivity contribution in [1.82, 2.24) is 15.1 Å². The molecule has 0 radical (unpaired) electrons. The summed E-state index contributed by atoms with van der Waals surface area (Å²) in [5, 5.41) is 3.04. The van der Waals surface area contributed by atoms with Gasteiger partial charge in [-0.05, 0) is 38.6 Å². The normalized spacial score (nSPS) is 33.8. The van der Waals surface area contributed by atoms with Crippen LogP contribution in [0.15, 0.2) is 0 Å². The van der Waals surface area contributed by atoms with Gasteiger partial charge in [0.25, 0.3) is 5.91 Å². The molecule has 0 aromatic heterocycles. The van der Waals surface area contributed by atoms with Crippen LogP contribution in [-0.4, -0.2) is 47.0 Å². The monoisotopic (exact) mass is 307 g/mol. The maximum atomic E-state index is 12.9. The number of imide groups is 1. The molecule has 0 aromatic rings. The molecule has 124 valence electrons. The van der Waals surface area contributed by atoms with Crippen LogP contribution in [0, 0.1) is 5.92 Å². The van der Waals surface area contributed by atoms with Crippen molar-refractivity contribution in [3.05, 3.63) is 0 Å². The van der Waals surface area contributed by atoms with Gasteiger partial charge in [0.15, 0.2) is 0 Å². The number of amides is 3. The van der Waals surface area contributed by atoms with E-state index in [9.17, 15) is 9.59 Å². The minimum atomic E-state index is -0.622. The van der Waals surface area contributed by atoms with Crippen LogP contribution in [-0.2, 0) is 4.79 Å². The SMILES string of the molecule is C[C@@H]1CCCC[C@]12NC(=O)N(CN(C)C1CCCCC1)C2=O. The summed E-state index contributed by atoms with van der Waals surface area (Å²) in [7, 11) is 2.05. The third kappa shape index (κ3) is 2.64. The predicted octanol–water partition coefficient (Wildman–Crippen LogP) is 2.71. The van der Waals surface area contributed by atoms with Gasteiger partial charge in [-0.25, -0.2) is 9.69 Å². The number of rotatable bonds is 3. The molecule has 1 aliphatic heterocycles. The lowest BCUT2D eigenvalue weighted by Crippen LogP contribution is -2.54. The Kier molecular flexibility index (Phi) is 4.44. The fourth-order valence-corrected chi connectivity index (χ4v) is 4.48. The molecule has 0 aromatic carbocycles. The number of hydrogen-bond donors (Lipinski definition) is 1. The van der Waals surface area contributed by atoms with Crippen molar-refractivity contribution in [1.29, 1.82) is 0 Å². The Hall–Kier alpha value is -1.10. The molecule has 5 nitrogen and oxygen atoms in total. The highest BCUT2D eigenvalue weighted by molar-refractivity contribution is 6.07. The topological polar surface area (TPSA) is 52.7 Å². The molecule has 3 aliphatic rings. The molecule has 22 heavy (non-hydrogen) atoms. The van der Waals surface area contributed by atoms with E-state index in [1.54, 1.807) is 0 Å². The van der Waals surface area contributed by atoms with E-state index in [1.807, 2.05) is 7.05 Å². The fourth-order valence-electron chi connectivity index (χ4n) is 4.48. The van der Waals surface area contributed by atoms with Crippen molar-refractivity contribution in [3.63, 3.8) is 0 Å². The average molecular weight is 307 g/mol. The third-order valence-corrected chi connectivity index (χ3v) is 6.06. The standard InChI is InChI=1S/C17H29N3O2/c1-13-8-6-7-11-17(13)15(21)20(16(22)18-17)12-19(2)14-9-4-3-5-10-14/h13-14H,3-12H2,1-2H3,(H,18,22)/t13-,17+/m1/s1. The maximum Gasteiger partial charge on any atom is 0.326 e. The van der Waals surface area contributed by atoms with Crippen LogP contribution < -0.4 is 5.32 Å². The molecule has 3 amide bonds. The minimum Gasteiger partial charge on any atom is -0.323 e. The zero-order chi connectivity index (χ0) is 15.7. The van der Waals surface area contributed by atoms with E-state index in [2.05, 4.69) is 17.1 Å². The highest BCUT2D eigenvalue weighted by Crippen LogP contribution is 2.38. The Morgan fingerprint density at radius 3 is 2.50 bits per heavy atom. The summed E-state index contributed by atoms with van der Waals surface area (Å²) < 4.78 is 0. The van der Waals surface area contributed by atoms with Crippen LogP contribution in [0.3, 0.4) is 0 Å². The third-order valence-electron chi connectivity index (χ3n) is 6.06. The molecule has 3 rings (SSSR count). The molecular weight excluding hydrogens is 278 g/mol. The largest absolute Gasteiger partial charge is 0.326 e. The molecule has 1 spiro atoms. The summed E-state index contributed by atoms with van der Waals surface area (Å²) in [5.41, 5.74) is -0.622. The van der Waals surface area contributed by atoms with E-state index in [0.29, 0.717) is 12.7 Å². The molecule has 3 fully saturated rings. The number of hydrogen-bond acceptors (Lipinski definition) is 3. The van der Waals surface area contributed by atoms with Gasteiger partial charge in [-0.2, -0.15) is 0 Å². The molecule has 1 N–H and O–H groups in total. The second-order valence-corrected chi connectivity index (χ2v) is 7.47. The summed E-state index contributed by atoms with van der Waals surface area (Å²) >= 11 is 0. The first-order valence-electron chi connectivity index (χ1n) is 8.89. The van der Waals surface area contributed by atoms with Crippen LogP contribution in [0.25, 0.3) is 0 Å². The molecule has 2 atom stereocenters. The first kappa shape index (κ1) is 15.8. The Morgan fingerprint density at radius 2 is 1.82 bits per heavy atom. The molecule has 0 bridgehead atoms. The molecule has 1 saturated heterocycles. The van der Waals surface area contributed by atoms with Gasteiger partial charge in [0.1, 0.15) is 5.54 Å². The Labute approximate surface area is 133 Å². The van der Waals surface area contributed by atoms with Crippen molar-refractivity contribution >= 4 is 11.9 Å². The number of urea groups is 1. The molecule has 0 unspecified atom stereocenters. The summed E-state index contributed by atoms with van der Waals surface area (Å²) in [6.07, 6.45) is 10.2. The molecule has 1 heterocycles. The Morgan fingerprint density at radius 1 is 1.14 bits per heavy atom. The van der Waals surface area contributed by atoms with Gasteiger partial charge >= 0.3 is 6.03 Å². The summed E-state index contributed by atoms with van der Waals surface area (Å²) in [5.74, 6) is 0.245. The second kappa shape index (κ2) is 6.19. The van der Waals surface area contributed by atoms with Gasteiger partial charge in [-0.1, -0.05) is 39.0 Å². The fraction of sp³-hybridized carbons (Fsp3) is 0.882. The summed E-state index contributed by atoms with van der Waals surface area (Å²) in [4.78, 5) is 29.0. The van der Waals surface area contributed by atoms with Crippen LogP contribution in [0.1, 0.15) is 64.7 Å². The van der Waals surface area contributed by atoms with Crippen LogP contribution in [0.4, 0.5) is 4.79 Å². The first-order chi connectivity index (χ1) is 10.5. The number of nitrogens with zero attached hydrogens (tertiary/aromatic N) is 2. The average Bonchev–Trinajstić information content (AvgIpc) is 2.76. The van der Waals surface area contributed by atoms with E-state index >= 15 is 0 Å². The van der Waals surface area contributed by atoms with Crippen molar-refractivity contribution in [2.45, 2.75) is 76.3 Å². The smallest absolute Gasteiger partial charge is 0.323 e. The van der Waals surface area contributed by atoms with Gasteiger partial charge in [0.2, 0.25) is 0 Å². The van der Waals surface area contributed by atoms with Crippen molar-refractivity contribution in [2.24, 2.45) is 5.92 Å². The van der Waals surface area contributed by atoms with E-state index < -0.39 is 5.54 Å². The van der Waals surface area contributed by atoms with Crippen LogP contribution in [0.5, 0.6) is 0 Å². The molecular formula is C17H29N3O2. The minimum absolute atomic E-state index is 0.00681. The first-order valence-corrected chi connectivity index (χ1v) is 8.89. The van der Waals surface area contributed by atoms with Crippen molar-refractivity contribution in [2.75, 3.05) is 13.7 Å². The lowest BCUT2D eigenvalue weighted by molar-refractivity contribution is -0.135. The predicted molar refractivity (Wildman–Crippen MR) is 85.2 cm³/mol. The van der Waals surface area contributed by atoms with Crippen LogP contribution in [0.2, 0.25) is 0 Å². The quantitative estimate of drug-likeness (QED) is 0.816. The lowest BCUT2D eigenvalue weighted by atomic mass is 9.73. The maximum absolute atomic E-state index is 12.9. The zero-order valence-electron chi connectivity index (χ0n) is 13.9. The van der Waals surface area contributed by atoms with Gasteiger partial charge in [0.05, 0.1) is 6.67 Å². The van der Waals surface area contributed by atoms with Gasteiger partial charge < -0.3 is 5.32 Å². The lowest BCUT2D eigenvalue weighted by Gasteiger charge is -2.37. The summed E-state index contributed by atoms with van der Waals surface area (Å²) in [6.45, 7) is 2.54. The highest BCUT2D eigenvalue weighted by Gasteiger charge is 2.55. The second-order valence-electron chi connectivity index (χ2n) is 7.47. The van der Waals surface area contributed by atoms with Crippen molar-refractivity contribution < 1.29 is 9.59 Å². The number of carbonyl (C=O) groups excluding carboxylic acids is 2. The van der Waals surface area contributed by atoms with Crippen molar-refractivity contribution in [3.8, 4) is 0 Å². The van der Waals surface area contributed by atoms with E-state index in [1.165, 1.54) is 37.0 Å². The Bertz CT molecular complexity index is 447. The van der Waals surface area contributed by atoms with Gasteiger partial charge in [-0.3, -0.25) is 9.69 Å². The highest BCUT2D eigenvalue weighted by atomic mass is 16.2. The van der Waals surface area contributed by atoms with Gasteiger partial charge in [-0.15, -0.1) is 0 Å². The van der Waals surface area contributed by atoms with E-state index in [0.717, 1.165) is 25.7 Å². The van der Waals surface area contributed by atoms with Crippen LogP contribution >= 0.6 is 0 Å². The van der Waals surface area contributed by atoms with E-state index in [-0.39, 0.29) is 17.9 Å². The summed E-state index contributed by atoms with van der Waals surface area (Å²) in [6, 6.07) is 0.316. The molecule has 2 aliphatic carbocycles. The van der Waals surface area contributed by atoms with E-state index in [4.69, 9.17) is 0 Å². The zero-order valence-corrected chi connectivity index (χ0v) is 13.9. The number of carbonyl (C=O) groups is 2. The van der Waals surface area contributed by atoms with Gasteiger partial charge in [0, 0.05) is 6.04 Å². The molecule has 5 heteroatoms. The Balaban J connectivity index is 1.69.